The molecule has 2 rings (SSSR count). The van der Waals surface area contributed by atoms with Crippen LogP contribution in [0.1, 0.15) is 29.6 Å². The molecule has 18 heavy (non-hydrogen) atoms. The lowest BCUT2D eigenvalue weighted by atomic mass is 10.0. The molecule has 1 fully saturated rings. The normalized spacial score (nSPS) is 20.2. The first-order valence-corrected chi connectivity index (χ1v) is 8.44. The largest absolute Gasteiger partial charge is 0.334 e. The highest BCUT2D eigenvalue weighted by molar-refractivity contribution is 9.12. The second kappa shape index (κ2) is 6.50. The van der Waals surface area contributed by atoms with Crippen LogP contribution in [0.5, 0.6) is 0 Å². The summed E-state index contributed by atoms with van der Waals surface area (Å²) in [7, 11) is 1.94. The first kappa shape index (κ1) is 14.5. The van der Waals surface area contributed by atoms with Crippen molar-refractivity contribution in [3.63, 3.8) is 0 Å². The fourth-order valence-corrected chi connectivity index (χ4v) is 5.13. The van der Waals surface area contributed by atoms with Crippen LogP contribution in [0, 0.1) is 0 Å². The van der Waals surface area contributed by atoms with Crippen molar-refractivity contribution in [3.05, 3.63) is 19.2 Å². The summed E-state index contributed by atoms with van der Waals surface area (Å²) < 4.78 is 1.90. The number of piperidine rings is 1. The molecular weight excluding hydrogens is 380 g/mol. The van der Waals surface area contributed by atoms with Gasteiger partial charge in [0, 0.05) is 19.1 Å². The third-order valence-corrected chi connectivity index (χ3v) is 5.55. The molecule has 1 saturated heterocycles. The average Bonchev–Trinajstić information content (AvgIpc) is 2.69. The minimum absolute atomic E-state index is 0.142. The van der Waals surface area contributed by atoms with Crippen LogP contribution in [0.3, 0.4) is 0 Å². The van der Waals surface area contributed by atoms with Gasteiger partial charge >= 0.3 is 0 Å². The molecule has 2 heterocycles. The number of hydrogen-bond donors (Lipinski definition) is 1. The van der Waals surface area contributed by atoms with Gasteiger partial charge in [-0.2, -0.15) is 0 Å². The Kier molecular flexibility index (Phi) is 5.24. The van der Waals surface area contributed by atoms with Crippen molar-refractivity contribution >= 4 is 49.1 Å². The lowest BCUT2D eigenvalue weighted by molar-refractivity contribution is 0.0614. The number of rotatable bonds is 3. The van der Waals surface area contributed by atoms with Gasteiger partial charge in [0.1, 0.15) is 0 Å². The molecule has 0 aliphatic carbocycles. The molecule has 3 nitrogen and oxygen atoms in total. The second-order valence-corrected chi connectivity index (χ2v) is 8.19. The summed E-state index contributed by atoms with van der Waals surface area (Å²) in [5, 5.41) is 3.18. The van der Waals surface area contributed by atoms with Crippen LogP contribution in [0.15, 0.2) is 13.6 Å². The Balaban J connectivity index is 2.18. The molecule has 0 saturated carbocycles. The molecule has 0 radical (unpaired) electrons. The van der Waals surface area contributed by atoms with Gasteiger partial charge in [0.2, 0.25) is 0 Å². The Morgan fingerprint density at radius 1 is 1.56 bits per heavy atom. The number of amides is 1. The summed E-state index contributed by atoms with van der Waals surface area (Å²) in [6.45, 7) is 1.74. The Bertz CT molecular complexity index is 434. The number of carbonyl (C=O) groups is 1. The van der Waals surface area contributed by atoms with E-state index in [1.165, 1.54) is 6.42 Å². The highest BCUT2D eigenvalue weighted by Gasteiger charge is 2.28. The van der Waals surface area contributed by atoms with E-state index in [1.807, 2.05) is 18.0 Å². The first-order chi connectivity index (χ1) is 8.63. The number of hydrogen-bond acceptors (Lipinski definition) is 3. The SMILES string of the molecule is CNCC1CCCCN1C(=O)c1cc(Br)sc1Br. The molecule has 100 valence electrons. The second-order valence-electron chi connectivity index (χ2n) is 4.44. The molecule has 1 aliphatic rings. The smallest absolute Gasteiger partial charge is 0.256 e. The number of nitrogens with one attached hydrogen (secondary N) is 1. The van der Waals surface area contributed by atoms with E-state index >= 15 is 0 Å². The van der Waals surface area contributed by atoms with Crippen molar-refractivity contribution in [2.24, 2.45) is 0 Å². The van der Waals surface area contributed by atoms with Crippen LogP contribution in [0.2, 0.25) is 0 Å². The summed E-state index contributed by atoms with van der Waals surface area (Å²) in [4.78, 5) is 14.6. The minimum Gasteiger partial charge on any atom is -0.334 e. The summed E-state index contributed by atoms with van der Waals surface area (Å²) >= 11 is 8.44. The van der Waals surface area contributed by atoms with Gasteiger partial charge in [0.15, 0.2) is 0 Å². The average molecular weight is 396 g/mol. The molecule has 0 aromatic carbocycles. The Hall–Kier alpha value is 0.0900. The van der Waals surface area contributed by atoms with E-state index in [-0.39, 0.29) is 5.91 Å². The van der Waals surface area contributed by atoms with Gasteiger partial charge in [-0.25, -0.2) is 0 Å². The minimum atomic E-state index is 0.142. The zero-order chi connectivity index (χ0) is 13.1. The third kappa shape index (κ3) is 3.15. The quantitative estimate of drug-likeness (QED) is 0.849. The number of halogens is 2. The van der Waals surface area contributed by atoms with Crippen molar-refractivity contribution in [1.29, 1.82) is 0 Å². The topological polar surface area (TPSA) is 32.3 Å². The van der Waals surface area contributed by atoms with Crippen LogP contribution in [-0.2, 0) is 0 Å². The number of carbonyl (C=O) groups excluding carboxylic acids is 1. The first-order valence-electron chi connectivity index (χ1n) is 6.04. The third-order valence-electron chi connectivity index (χ3n) is 3.21. The zero-order valence-corrected chi connectivity index (χ0v) is 14.2. The van der Waals surface area contributed by atoms with E-state index < -0.39 is 0 Å². The molecule has 1 atom stereocenters. The molecule has 1 aromatic heterocycles. The number of likely N-dealkylation sites (tertiary alicyclic amines) is 1. The maximum Gasteiger partial charge on any atom is 0.256 e. The van der Waals surface area contributed by atoms with Crippen LogP contribution >= 0.6 is 43.2 Å². The predicted octanol–water partition coefficient (Wildman–Crippen LogP) is 3.49. The van der Waals surface area contributed by atoms with E-state index in [0.29, 0.717) is 6.04 Å². The van der Waals surface area contributed by atoms with Gasteiger partial charge in [0.05, 0.1) is 13.1 Å². The predicted molar refractivity (Wildman–Crippen MR) is 82.3 cm³/mol. The van der Waals surface area contributed by atoms with Gasteiger partial charge in [0.25, 0.3) is 5.91 Å². The molecular formula is C12H16Br2N2OS. The maximum atomic E-state index is 12.6. The maximum absolute atomic E-state index is 12.6. The summed E-state index contributed by atoms with van der Waals surface area (Å²) in [6.07, 6.45) is 3.41. The number of likely N-dealkylation sites (N-methyl/N-ethyl adjacent to an activating group) is 1. The van der Waals surface area contributed by atoms with Crippen LogP contribution in [-0.4, -0.2) is 37.0 Å². The van der Waals surface area contributed by atoms with Gasteiger partial charge in [-0.1, -0.05) is 0 Å². The summed E-state index contributed by atoms with van der Waals surface area (Å²) in [5.41, 5.74) is 0.773. The van der Waals surface area contributed by atoms with Crippen LogP contribution in [0.25, 0.3) is 0 Å². The van der Waals surface area contributed by atoms with E-state index in [4.69, 9.17) is 0 Å². The lowest BCUT2D eigenvalue weighted by Crippen LogP contribution is -2.48. The standard InChI is InChI=1S/C12H16Br2N2OS/c1-15-7-8-4-2-3-5-16(8)12(17)9-6-10(13)18-11(9)14/h6,8,15H,2-5,7H2,1H3. The van der Waals surface area contributed by atoms with Gasteiger partial charge in [-0.15, -0.1) is 11.3 Å². The van der Waals surface area contributed by atoms with Gasteiger partial charge < -0.3 is 10.2 Å². The summed E-state index contributed by atoms with van der Waals surface area (Å²) in [6, 6.07) is 2.23. The fourth-order valence-electron chi connectivity index (χ4n) is 2.36. The fraction of sp³-hybridized carbons (Fsp3) is 0.583. The molecule has 1 aromatic rings. The monoisotopic (exact) mass is 394 g/mol. The van der Waals surface area contributed by atoms with Gasteiger partial charge in [-0.3, -0.25) is 4.79 Å². The lowest BCUT2D eigenvalue weighted by Gasteiger charge is -2.35. The van der Waals surface area contributed by atoms with Crippen molar-refractivity contribution in [1.82, 2.24) is 10.2 Å². The summed E-state index contributed by atoms with van der Waals surface area (Å²) in [5.74, 6) is 0.142. The molecule has 0 bridgehead atoms. The van der Waals surface area contributed by atoms with E-state index in [0.717, 1.165) is 39.1 Å². The molecule has 1 N–H and O–H groups in total. The molecule has 1 unspecified atom stereocenters. The van der Waals surface area contributed by atoms with Crippen molar-refractivity contribution < 1.29 is 4.79 Å². The van der Waals surface area contributed by atoms with Gasteiger partial charge in [-0.05, 0) is 64.2 Å². The van der Waals surface area contributed by atoms with Crippen molar-refractivity contribution in [3.8, 4) is 0 Å². The zero-order valence-electron chi connectivity index (χ0n) is 10.2. The van der Waals surface area contributed by atoms with Crippen molar-refractivity contribution in [2.75, 3.05) is 20.1 Å². The Labute approximate surface area is 128 Å². The molecule has 1 amide bonds. The highest BCUT2D eigenvalue weighted by Crippen LogP contribution is 2.33. The number of thiophene rings is 1. The van der Waals surface area contributed by atoms with E-state index in [2.05, 4.69) is 37.2 Å². The van der Waals surface area contributed by atoms with Crippen LogP contribution in [0.4, 0.5) is 0 Å². The van der Waals surface area contributed by atoms with E-state index in [9.17, 15) is 4.79 Å². The van der Waals surface area contributed by atoms with E-state index in [1.54, 1.807) is 11.3 Å². The Morgan fingerprint density at radius 3 is 2.94 bits per heavy atom. The van der Waals surface area contributed by atoms with Crippen molar-refractivity contribution in [2.45, 2.75) is 25.3 Å². The number of nitrogens with zero attached hydrogens (tertiary/aromatic N) is 1. The molecule has 1 aliphatic heterocycles. The molecule has 0 spiro atoms. The highest BCUT2D eigenvalue weighted by atomic mass is 79.9. The van der Waals surface area contributed by atoms with Crippen LogP contribution < -0.4 is 5.32 Å². The Morgan fingerprint density at radius 2 is 2.33 bits per heavy atom. The molecule has 6 heteroatoms.